The van der Waals surface area contributed by atoms with Crippen LogP contribution in [-0.4, -0.2) is 9.97 Å². The van der Waals surface area contributed by atoms with E-state index < -0.39 is 11.7 Å². The highest BCUT2D eigenvalue weighted by atomic mass is 19.4. The molecule has 33 heavy (non-hydrogen) atoms. The first kappa shape index (κ1) is 23.1. The first-order valence-electron chi connectivity index (χ1n) is 11.6. The van der Waals surface area contributed by atoms with Gasteiger partial charge in [0.1, 0.15) is 11.4 Å². The number of unbranched alkanes of at least 4 members (excludes halogenated alkanes) is 1. The van der Waals surface area contributed by atoms with Gasteiger partial charge in [-0.3, -0.25) is 0 Å². The maximum atomic E-state index is 13.6. The summed E-state index contributed by atoms with van der Waals surface area (Å²) in [6.45, 7) is 2.15. The van der Waals surface area contributed by atoms with Crippen LogP contribution < -0.4 is 10.6 Å². The van der Waals surface area contributed by atoms with Gasteiger partial charge in [0.05, 0.1) is 0 Å². The minimum Gasteiger partial charge on any atom is -0.340 e. The van der Waals surface area contributed by atoms with Gasteiger partial charge in [-0.05, 0) is 67.0 Å². The van der Waals surface area contributed by atoms with E-state index in [0.29, 0.717) is 11.6 Å². The van der Waals surface area contributed by atoms with Crippen LogP contribution in [0.1, 0.15) is 68.1 Å². The van der Waals surface area contributed by atoms with E-state index in [2.05, 4.69) is 27.5 Å². The topological polar surface area (TPSA) is 49.8 Å². The van der Waals surface area contributed by atoms with E-state index in [9.17, 15) is 13.2 Å². The molecule has 2 N–H and O–H groups in total. The molecule has 0 unspecified atom stereocenters. The van der Waals surface area contributed by atoms with Gasteiger partial charge in [-0.15, -0.1) is 0 Å². The number of hydrogen-bond acceptors (Lipinski definition) is 4. The summed E-state index contributed by atoms with van der Waals surface area (Å²) >= 11 is 0. The van der Waals surface area contributed by atoms with Crippen molar-refractivity contribution >= 4 is 23.1 Å². The Hall–Kier alpha value is -3.09. The zero-order valence-corrected chi connectivity index (χ0v) is 18.8. The Morgan fingerprint density at radius 3 is 2.42 bits per heavy atom. The largest absolute Gasteiger partial charge is 0.421 e. The lowest BCUT2D eigenvalue weighted by molar-refractivity contribution is -0.137. The molecule has 1 heterocycles. The van der Waals surface area contributed by atoms with Gasteiger partial charge in [0.25, 0.3) is 0 Å². The summed E-state index contributed by atoms with van der Waals surface area (Å²) in [6.07, 6.45) is 4.14. The molecule has 2 aromatic carbocycles. The highest BCUT2D eigenvalue weighted by Gasteiger charge is 2.35. The second-order valence-corrected chi connectivity index (χ2v) is 8.61. The molecule has 0 aliphatic heterocycles. The highest BCUT2D eigenvalue weighted by Crippen LogP contribution is 2.37. The fraction of sp³-hybridized carbons (Fsp3) is 0.385. The zero-order chi connectivity index (χ0) is 23.3. The number of hydrogen-bond donors (Lipinski definition) is 2. The summed E-state index contributed by atoms with van der Waals surface area (Å²) < 4.78 is 40.9. The number of nitrogens with one attached hydrogen (secondary N) is 2. The molecule has 1 saturated carbocycles. The average Bonchev–Trinajstić information content (AvgIpc) is 3.33. The normalized spacial score (nSPS) is 14.4. The average molecular weight is 455 g/mol. The summed E-state index contributed by atoms with van der Waals surface area (Å²) in [7, 11) is 0. The molecule has 3 aromatic rings. The van der Waals surface area contributed by atoms with Crippen LogP contribution in [-0.2, 0) is 12.6 Å². The van der Waals surface area contributed by atoms with Crippen LogP contribution >= 0.6 is 0 Å². The molecule has 0 saturated heterocycles. The molecule has 7 heteroatoms. The molecule has 1 aliphatic rings. The minimum atomic E-state index is -4.56. The maximum Gasteiger partial charge on any atom is 0.421 e. The number of rotatable bonds is 8. The summed E-state index contributed by atoms with van der Waals surface area (Å²) in [5, 5.41) is 5.91. The molecule has 0 spiro atoms. The molecule has 0 amide bonds. The van der Waals surface area contributed by atoms with Crippen LogP contribution in [0.25, 0.3) is 0 Å². The smallest absolute Gasteiger partial charge is 0.340 e. The van der Waals surface area contributed by atoms with Crippen molar-refractivity contribution in [3.8, 4) is 0 Å². The molecule has 1 fully saturated rings. The third-order valence-electron chi connectivity index (χ3n) is 6.10. The predicted molar refractivity (Wildman–Crippen MR) is 126 cm³/mol. The zero-order valence-electron chi connectivity index (χ0n) is 18.8. The van der Waals surface area contributed by atoms with E-state index in [1.165, 1.54) is 18.4 Å². The molecule has 0 atom stereocenters. The lowest BCUT2D eigenvalue weighted by atomic mass is 9.97. The third-order valence-corrected chi connectivity index (χ3v) is 6.10. The monoisotopic (exact) mass is 454 g/mol. The first-order chi connectivity index (χ1) is 15.9. The number of halogens is 3. The van der Waals surface area contributed by atoms with E-state index >= 15 is 0 Å². The van der Waals surface area contributed by atoms with E-state index in [1.807, 2.05) is 42.5 Å². The Morgan fingerprint density at radius 2 is 1.73 bits per heavy atom. The molecule has 174 valence electrons. The summed E-state index contributed by atoms with van der Waals surface area (Å²) in [5.74, 6) is 0.318. The van der Waals surface area contributed by atoms with E-state index in [4.69, 9.17) is 0 Å². The number of aromatic nitrogens is 2. The molecular weight excluding hydrogens is 425 g/mol. The molecule has 1 aromatic heterocycles. The van der Waals surface area contributed by atoms with Gasteiger partial charge >= 0.3 is 6.18 Å². The van der Waals surface area contributed by atoms with Crippen molar-refractivity contribution in [2.75, 3.05) is 10.6 Å². The standard InChI is InChI=1S/C26H29F3N4/c1-2-3-7-18-12-14-21(15-13-18)32-25-30-17-23(26(27,28)29)24(33-25)31-22-11-6-10-20(16-22)19-8-4-5-9-19/h6,10-17,19H,2-5,7-9H2,1H3,(H2,30,31,32,33). The van der Waals surface area contributed by atoms with Gasteiger partial charge < -0.3 is 10.6 Å². The van der Waals surface area contributed by atoms with E-state index in [0.717, 1.165) is 49.6 Å². The molecule has 0 radical (unpaired) electrons. The van der Waals surface area contributed by atoms with Gasteiger partial charge in [-0.25, -0.2) is 4.98 Å². The first-order valence-corrected chi connectivity index (χ1v) is 11.6. The fourth-order valence-corrected chi connectivity index (χ4v) is 4.28. The molecule has 4 rings (SSSR count). The second-order valence-electron chi connectivity index (χ2n) is 8.61. The Morgan fingerprint density at radius 1 is 0.970 bits per heavy atom. The Bertz CT molecular complexity index is 1060. The molecule has 0 bridgehead atoms. The van der Waals surface area contributed by atoms with Crippen molar-refractivity contribution in [2.24, 2.45) is 0 Å². The van der Waals surface area contributed by atoms with Gasteiger partial charge in [0, 0.05) is 17.6 Å². The second kappa shape index (κ2) is 10.2. The quantitative estimate of drug-likeness (QED) is 0.362. The van der Waals surface area contributed by atoms with Gasteiger partial charge in [-0.1, -0.05) is 50.5 Å². The Balaban J connectivity index is 1.56. The van der Waals surface area contributed by atoms with Crippen molar-refractivity contribution < 1.29 is 13.2 Å². The summed E-state index contributed by atoms with van der Waals surface area (Å²) in [5.41, 5.74) is 2.80. The van der Waals surface area contributed by atoms with Crippen LogP contribution in [0.5, 0.6) is 0 Å². The molecule has 4 nitrogen and oxygen atoms in total. The Kier molecular flexibility index (Phi) is 7.16. The lowest BCUT2D eigenvalue weighted by Gasteiger charge is -2.16. The summed E-state index contributed by atoms with van der Waals surface area (Å²) in [4.78, 5) is 8.09. The predicted octanol–water partition coefficient (Wildman–Crippen LogP) is 7.98. The number of nitrogens with zero attached hydrogens (tertiary/aromatic N) is 2. The van der Waals surface area contributed by atoms with Crippen molar-refractivity contribution in [3.05, 3.63) is 71.4 Å². The van der Waals surface area contributed by atoms with Crippen molar-refractivity contribution in [3.63, 3.8) is 0 Å². The molecule has 1 aliphatic carbocycles. The number of benzene rings is 2. The lowest BCUT2D eigenvalue weighted by Crippen LogP contribution is -2.12. The fourth-order valence-electron chi connectivity index (χ4n) is 4.28. The Labute approximate surface area is 192 Å². The third kappa shape index (κ3) is 6.03. The van der Waals surface area contributed by atoms with Crippen LogP contribution in [0.4, 0.5) is 36.3 Å². The maximum absolute atomic E-state index is 13.6. The number of aryl methyl sites for hydroxylation is 1. The SMILES string of the molecule is CCCCc1ccc(Nc2ncc(C(F)(F)F)c(Nc3cccc(C4CCCC4)c3)n2)cc1. The summed E-state index contributed by atoms with van der Waals surface area (Å²) in [6, 6.07) is 15.4. The number of alkyl halides is 3. The van der Waals surface area contributed by atoms with Crippen molar-refractivity contribution in [1.82, 2.24) is 9.97 Å². The number of anilines is 4. The van der Waals surface area contributed by atoms with Crippen LogP contribution in [0.2, 0.25) is 0 Å². The van der Waals surface area contributed by atoms with Crippen molar-refractivity contribution in [1.29, 1.82) is 0 Å². The van der Waals surface area contributed by atoms with Crippen molar-refractivity contribution in [2.45, 2.75) is 64.0 Å². The van der Waals surface area contributed by atoms with E-state index in [1.54, 1.807) is 6.07 Å². The van der Waals surface area contributed by atoms with Crippen LogP contribution in [0, 0.1) is 0 Å². The molecular formula is C26H29F3N4. The van der Waals surface area contributed by atoms with E-state index in [-0.39, 0.29) is 11.8 Å². The van der Waals surface area contributed by atoms with Crippen LogP contribution in [0.15, 0.2) is 54.7 Å². The van der Waals surface area contributed by atoms with Crippen LogP contribution in [0.3, 0.4) is 0 Å². The van der Waals surface area contributed by atoms with Gasteiger partial charge in [0.2, 0.25) is 5.95 Å². The minimum absolute atomic E-state index is 0.110. The van der Waals surface area contributed by atoms with Gasteiger partial charge in [-0.2, -0.15) is 18.2 Å². The highest BCUT2D eigenvalue weighted by molar-refractivity contribution is 5.63. The van der Waals surface area contributed by atoms with Gasteiger partial charge in [0.15, 0.2) is 0 Å².